The quantitative estimate of drug-likeness (QED) is 0.0426. The Labute approximate surface area is 363 Å². The molecule has 0 saturated heterocycles. The fraction of sp³-hybridized carbons (Fsp3) is 0.545. The van der Waals surface area contributed by atoms with E-state index >= 15 is 0 Å². The fourth-order valence-corrected chi connectivity index (χ4v) is 5.98. The molecule has 0 heterocycles. The second-order valence-electron chi connectivity index (χ2n) is 15.1. The first-order valence-electron chi connectivity index (χ1n) is 23.5. The minimum atomic E-state index is -0.891. The number of nitrogens with one attached hydrogen (secondary N) is 1. The van der Waals surface area contributed by atoms with Crippen molar-refractivity contribution in [2.24, 2.45) is 0 Å². The lowest BCUT2D eigenvalue weighted by atomic mass is 10.1. The van der Waals surface area contributed by atoms with Gasteiger partial charge in [-0.15, -0.1) is 0 Å². The molecule has 0 aromatic heterocycles. The smallest absolute Gasteiger partial charge is 0.220 e. The Morgan fingerprint density at radius 2 is 0.763 bits per heavy atom. The molecule has 330 valence electrons. The van der Waals surface area contributed by atoms with Gasteiger partial charge in [-0.3, -0.25) is 4.79 Å². The fourth-order valence-electron chi connectivity index (χ4n) is 5.98. The van der Waals surface area contributed by atoms with Gasteiger partial charge in [0.15, 0.2) is 0 Å². The maximum absolute atomic E-state index is 12.4. The monoisotopic (exact) mass is 810 g/mol. The van der Waals surface area contributed by atoms with Crippen LogP contribution in [0.15, 0.2) is 146 Å². The van der Waals surface area contributed by atoms with Crippen LogP contribution in [0.25, 0.3) is 0 Å². The van der Waals surface area contributed by atoms with E-state index < -0.39 is 12.1 Å². The van der Waals surface area contributed by atoms with Crippen molar-refractivity contribution in [3.8, 4) is 0 Å². The Hall–Kier alpha value is -3.73. The molecular formula is C55H87NO3. The van der Waals surface area contributed by atoms with Gasteiger partial charge in [0.25, 0.3) is 0 Å². The average Bonchev–Trinajstić information content (AvgIpc) is 3.24. The van der Waals surface area contributed by atoms with Gasteiger partial charge in [0.1, 0.15) is 0 Å². The largest absolute Gasteiger partial charge is 0.394 e. The highest BCUT2D eigenvalue weighted by Gasteiger charge is 2.17. The molecule has 0 bridgehead atoms. The number of allylic oxidation sites excluding steroid dienone is 23. The third-order valence-corrected chi connectivity index (χ3v) is 9.56. The zero-order chi connectivity index (χ0) is 42.8. The van der Waals surface area contributed by atoms with E-state index in [-0.39, 0.29) is 12.5 Å². The van der Waals surface area contributed by atoms with Crippen molar-refractivity contribution in [3.05, 3.63) is 146 Å². The molecule has 0 spiro atoms. The summed E-state index contributed by atoms with van der Waals surface area (Å²) in [5.41, 5.74) is 0. The molecule has 0 rings (SSSR count). The van der Waals surface area contributed by atoms with E-state index in [2.05, 4.69) is 153 Å². The van der Waals surface area contributed by atoms with Gasteiger partial charge in [-0.05, 0) is 109 Å². The molecule has 0 aliphatic heterocycles. The minimum absolute atomic E-state index is 0.124. The molecule has 3 N–H and O–H groups in total. The van der Waals surface area contributed by atoms with Crippen LogP contribution in [-0.4, -0.2) is 34.9 Å². The van der Waals surface area contributed by atoms with Crippen molar-refractivity contribution < 1.29 is 15.0 Å². The van der Waals surface area contributed by atoms with Crippen molar-refractivity contribution in [1.82, 2.24) is 5.32 Å². The number of aliphatic hydroxyl groups excluding tert-OH is 2. The van der Waals surface area contributed by atoms with Gasteiger partial charge < -0.3 is 15.5 Å². The van der Waals surface area contributed by atoms with Crippen LogP contribution < -0.4 is 5.32 Å². The van der Waals surface area contributed by atoms with Crippen molar-refractivity contribution in [2.45, 2.75) is 187 Å². The number of aliphatic hydroxyl groups is 2. The molecule has 4 heteroatoms. The first-order valence-corrected chi connectivity index (χ1v) is 23.5. The lowest BCUT2D eigenvalue weighted by Crippen LogP contribution is -2.45. The van der Waals surface area contributed by atoms with E-state index in [0.717, 1.165) is 103 Å². The van der Waals surface area contributed by atoms with Crippen LogP contribution in [0.1, 0.15) is 174 Å². The maximum Gasteiger partial charge on any atom is 0.220 e. The number of amides is 1. The van der Waals surface area contributed by atoms with Gasteiger partial charge in [-0.25, -0.2) is 0 Å². The van der Waals surface area contributed by atoms with Gasteiger partial charge in [0.2, 0.25) is 5.91 Å². The molecule has 0 aliphatic rings. The van der Waals surface area contributed by atoms with E-state index in [9.17, 15) is 15.0 Å². The van der Waals surface area contributed by atoms with Crippen LogP contribution in [0.3, 0.4) is 0 Å². The van der Waals surface area contributed by atoms with Gasteiger partial charge >= 0.3 is 0 Å². The highest BCUT2D eigenvalue weighted by molar-refractivity contribution is 5.76. The normalized spacial score (nSPS) is 14.3. The van der Waals surface area contributed by atoms with Crippen LogP contribution in [0, 0.1) is 0 Å². The summed E-state index contributed by atoms with van der Waals surface area (Å²) in [6.07, 6.45) is 78.2. The van der Waals surface area contributed by atoms with Gasteiger partial charge in [-0.2, -0.15) is 0 Å². The van der Waals surface area contributed by atoms with Gasteiger partial charge in [0.05, 0.1) is 18.8 Å². The summed E-state index contributed by atoms with van der Waals surface area (Å²) >= 11 is 0. The standard InChI is InChI=1S/C55H87NO3/c1-3-5-7-9-11-13-15-17-19-20-21-22-23-24-25-26-27-28-29-30-31-32-33-34-35-36-37-39-41-43-45-47-49-51-55(59)56-53(52-57)54(58)50-48-46-44-42-40-38-18-16-14-12-10-8-6-4-2/h5,7,11,13,17,19,21-22,24-25,27-28,30-31,33-34,36-37,40-43,48,50,53-54,57-58H,3-4,6,8-10,12,14-16,18,20,23,26,29,32,35,38-39,44-47,49,51-52H2,1-2H3,(H,56,59)/b7-5-,13-11-,19-17-,22-21-,25-24-,28-27-,31-30-,34-33-,37-36-,42-40+,43-41-,50-48+. The minimum Gasteiger partial charge on any atom is -0.394 e. The van der Waals surface area contributed by atoms with Crippen molar-refractivity contribution in [1.29, 1.82) is 0 Å². The number of rotatable bonds is 40. The van der Waals surface area contributed by atoms with Crippen LogP contribution in [0.5, 0.6) is 0 Å². The van der Waals surface area contributed by atoms with E-state index in [4.69, 9.17) is 0 Å². The van der Waals surface area contributed by atoms with Crippen LogP contribution in [0.2, 0.25) is 0 Å². The Bertz CT molecular complexity index is 1280. The number of unbranched alkanes of at least 4 members (excludes halogenated alkanes) is 11. The Kier molecular flexibility index (Phi) is 45.6. The molecule has 4 nitrogen and oxygen atoms in total. The first-order chi connectivity index (χ1) is 29.2. The third-order valence-electron chi connectivity index (χ3n) is 9.56. The molecule has 0 fully saturated rings. The highest BCUT2D eigenvalue weighted by Crippen LogP contribution is 2.10. The molecule has 0 aromatic carbocycles. The lowest BCUT2D eigenvalue weighted by Gasteiger charge is -2.19. The molecule has 0 aliphatic carbocycles. The molecule has 2 atom stereocenters. The summed E-state index contributed by atoms with van der Waals surface area (Å²) in [6.45, 7) is 4.13. The topological polar surface area (TPSA) is 69.6 Å². The summed E-state index contributed by atoms with van der Waals surface area (Å²) < 4.78 is 0. The van der Waals surface area contributed by atoms with Crippen molar-refractivity contribution in [3.63, 3.8) is 0 Å². The summed E-state index contributed by atoms with van der Waals surface area (Å²) in [7, 11) is 0. The molecule has 2 unspecified atom stereocenters. The molecule has 0 radical (unpaired) electrons. The third kappa shape index (κ3) is 45.2. The second kappa shape index (κ2) is 48.6. The van der Waals surface area contributed by atoms with E-state index in [0.29, 0.717) is 6.42 Å². The average molecular weight is 810 g/mol. The molecule has 1 amide bonds. The SMILES string of the molecule is CC/C=C\C/C=C\C/C=C\C/C=C\C/C=C\C/C=C\C/C=C\C/C=C\C/C=C\C/C=C\CCCCC(=O)NC(CO)C(O)/C=C/CC/C=C/CCCCCCCCCC. The van der Waals surface area contributed by atoms with E-state index in [1.807, 2.05) is 6.08 Å². The van der Waals surface area contributed by atoms with Crippen LogP contribution >= 0.6 is 0 Å². The number of hydrogen-bond donors (Lipinski definition) is 3. The predicted molar refractivity (Wildman–Crippen MR) is 261 cm³/mol. The highest BCUT2D eigenvalue weighted by atomic mass is 16.3. The van der Waals surface area contributed by atoms with Crippen molar-refractivity contribution in [2.75, 3.05) is 6.61 Å². The summed E-state index contributed by atoms with van der Waals surface area (Å²) in [5, 5.41) is 22.9. The summed E-state index contributed by atoms with van der Waals surface area (Å²) in [5.74, 6) is -0.124. The number of carbonyl (C=O) groups excluding carboxylic acids is 1. The number of carbonyl (C=O) groups is 1. The summed E-state index contributed by atoms with van der Waals surface area (Å²) in [6, 6.07) is -0.673. The zero-order valence-corrected chi connectivity index (χ0v) is 37.7. The Balaban J connectivity index is 3.80. The molecular weight excluding hydrogens is 723 g/mol. The molecule has 0 aromatic rings. The molecule has 0 saturated carbocycles. The zero-order valence-electron chi connectivity index (χ0n) is 37.7. The van der Waals surface area contributed by atoms with Crippen LogP contribution in [0.4, 0.5) is 0 Å². The van der Waals surface area contributed by atoms with E-state index in [1.54, 1.807) is 6.08 Å². The maximum atomic E-state index is 12.4. The van der Waals surface area contributed by atoms with Gasteiger partial charge in [0, 0.05) is 6.42 Å². The predicted octanol–water partition coefficient (Wildman–Crippen LogP) is 15.3. The Morgan fingerprint density at radius 1 is 0.424 bits per heavy atom. The number of hydrogen-bond acceptors (Lipinski definition) is 3. The first kappa shape index (κ1) is 55.3. The second-order valence-corrected chi connectivity index (χ2v) is 15.1. The van der Waals surface area contributed by atoms with E-state index in [1.165, 1.54) is 51.4 Å². The summed E-state index contributed by atoms with van der Waals surface area (Å²) in [4.78, 5) is 12.4. The molecule has 59 heavy (non-hydrogen) atoms. The Morgan fingerprint density at radius 3 is 1.19 bits per heavy atom. The lowest BCUT2D eigenvalue weighted by molar-refractivity contribution is -0.123. The van der Waals surface area contributed by atoms with Gasteiger partial charge in [-0.1, -0.05) is 205 Å². The van der Waals surface area contributed by atoms with Crippen molar-refractivity contribution >= 4 is 5.91 Å². The van der Waals surface area contributed by atoms with Crippen LogP contribution in [-0.2, 0) is 4.79 Å².